The molecular weight excluding hydrogens is 375 g/mol. The van der Waals surface area contributed by atoms with Crippen LogP contribution in [0.3, 0.4) is 0 Å². The third kappa shape index (κ3) is 5.41. The van der Waals surface area contributed by atoms with Crippen LogP contribution in [0.5, 0.6) is 11.5 Å². The summed E-state index contributed by atoms with van der Waals surface area (Å²) in [6, 6.07) is 11.5. The monoisotopic (exact) mass is 396 g/mol. The summed E-state index contributed by atoms with van der Waals surface area (Å²) in [4.78, 5) is 20.6. The molecule has 8 heteroatoms. The molecule has 1 amide bonds. The first-order valence-corrected chi connectivity index (χ1v) is 8.93. The zero-order valence-electron chi connectivity index (χ0n) is 16.1. The minimum Gasteiger partial charge on any atom is -0.497 e. The molecule has 3 aromatic rings. The average Bonchev–Trinajstić information content (AvgIpc) is 2.76. The van der Waals surface area contributed by atoms with Crippen molar-refractivity contribution in [3.63, 3.8) is 0 Å². The van der Waals surface area contributed by atoms with Crippen molar-refractivity contribution in [2.45, 2.75) is 6.42 Å². The van der Waals surface area contributed by atoms with Crippen LogP contribution >= 0.6 is 0 Å². The average molecular weight is 396 g/mol. The molecule has 0 saturated carbocycles. The van der Waals surface area contributed by atoms with Crippen molar-refractivity contribution in [1.82, 2.24) is 15.3 Å². The lowest BCUT2D eigenvalue weighted by atomic mass is 10.1. The number of aromatic nitrogens is 2. The molecule has 2 aromatic carbocycles. The van der Waals surface area contributed by atoms with Gasteiger partial charge in [-0.3, -0.25) is 4.79 Å². The number of carbonyl (C=O) groups excluding carboxylic acids is 1. The van der Waals surface area contributed by atoms with E-state index in [9.17, 15) is 9.18 Å². The van der Waals surface area contributed by atoms with Gasteiger partial charge in [0, 0.05) is 25.0 Å². The predicted molar refractivity (Wildman–Crippen MR) is 107 cm³/mol. The Hall–Kier alpha value is -3.68. The molecule has 0 atom stereocenters. The SMILES string of the molecule is COc1ccc(Nc2ncc(C(=O)NCCc3ccc(F)cc3)cn2)c(OC)c1. The van der Waals surface area contributed by atoms with E-state index in [1.54, 1.807) is 44.6 Å². The summed E-state index contributed by atoms with van der Waals surface area (Å²) in [5.74, 6) is 1.02. The van der Waals surface area contributed by atoms with Crippen LogP contribution in [0.2, 0.25) is 0 Å². The van der Waals surface area contributed by atoms with Crippen LogP contribution in [0.25, 0.3) is 0 Å². The molecule has 1 heterocycles. The predicted octanol–water partition coefficient (Wildman–Crippen LogP) is 3.35. The van der Waals surface area contributed by atoms with E-state index >= 15 is 0 Å². The lowest BCUT2D eigenvalue weighted by Crippen LogP contribution is -2.26. The van der Waals surface area contributed by atoms with Crippen molar-refractivity contribution in [3.05, 3.63) is 71.8 Å². The number of halogens is 1. The standard InChI is InChI=1S/C21H21FN4O3/c1-28-17-7-8-18(19(11-17)29-2)26-21-24-12-15(13-25-21)20(27)23-10-9-14-3-5-16(22)6-4-14/h3-8,11-13H,9-10H2,1-2H3,(H,23,27)(H,24,25,26). The van der Waals surface area contributed by atoms with Crippen molar-refractivity contribution in [2.24, 2.45) is 0 Å². The molecule has 0 aliphatic carbocycles. The molecule has 0 fully saturated rings. The van der Waals surface area contributed by atoms with Gasteiger partial charge in [0.15, 0.2) is 0 Å². The molecule has 0 radical (unpaired) electrons. The Bertz CT molecular complexity index is 963. The third-order valence-electron chi connectivity index (χ3n) is 4.18. The number of hydrogen-bond donors (Lipinski definition) is 2. The largest absolute Gasteiger partial charge is 0.497 e. The summed E-state index contributed by atoms with van der Waals surface area (Å²) in [7, 11) is 3.13. The summed E-state index contributed by atoms with van der Waals surface area (Å²) in [6.45, 7) is 0.424. The fraction of sp³-hybridized carbons (Fsp3) is 0.190. The number of hydrogen-bond acceptors (Lipinski definition) is 6. The van der Waals surface area contributed by atoms with Gasteiger partial charge in [0.2, 0.25) is 5.95 Å². The topological polar surface area (TPSA) is 85.4 Å². The first-order chi connectivity index (χ1) is 14.1. The van der Waals surface area contributed by atoms with Crippen LogP contribution in [0, 0.1) is 5.82 Å². The molecule has 1 aromatic heterocycles. The van der Waals surface area contributed by atoms with E-state index in [1.165, 1.54) is 24.5 Å². The highest BCUT2D eigenvalue weighted by molar-refractivity contribution is 5.93. The third-order valence-corrected chi connectivity index (χ3v) is 4.18. The Morgan fingerprint density at radius 3 is 2.41 bits per heavy atom. The van der Waals surface area contributed by atoms with Crippen LogP contribution < -0.4 is 20.1 Å². The van der Waals surface area contributed by atoms with E-state index in [4.69, 9.17) is 9.47 Å². The summed E-state index contributed by atoms with van der Waals surface area (Å²) in [5.41, 5.74) is 1.96. The Morgan fingerprint density at radius 1 is 1.03 bits per heavy atom. The first-order valence-electron chi connectivity index (χ1n) is 8.93. The van der Waals surface area contributed by atoms with Gasteiger partial charge in [0.25, 0.3) is 5.91 Å². The first kappa shape index (κ1) is 20.1. The highest BCUT2D eigenvalue weighted by Crippen LogP contribution is 2.30. The summed E-state index contributed by atoms with van der Waals surface area (Å²) in [6.07, 6.45) is 3.49. The Kier molecular flexibility index (Phi) is 6.57. The fourth-order valence-electron chi connectivity index (χ4n) is 2.61. The van der Waals surface area contributed by atoms with Gasteiger partial charge in [0.05, 0.1) is 25.5 Å². The normalized spacial score (nSPS) is 10.3. The number of carbonyl (C=O) groups is 1. The number of rotatable bonds is 8. The Balaban J connectivity index is 1.56. The van der Waals surface area contributed by atoms with E-state index in [0.717, 1.165) is 5.56 Å². The number of benzene rings is 2. The Labute approximate surface area is 167 Å². The fourth-order valence-corrected chi connectivity index (χ4v) is 2.61. The van der Waals surface area contributed by atoms with Crippen LogP contribution in [0.15, 0.2) is 54.9 Å². The Morgan fingerprint density at radius 2 is 1.76 bits per heavy atom. The maximum absolute atomic E-state index is 12.9. The molecule has 0 bridgehead atoms. The van der Waals surface area contributed by atoms with E-state index < -0.39 is 0 Å². The molecule has 150 valence electrons. The van der Waals surface area contributed by atoms with E-state index in [2.05, 4.69) is 20.6 Å². The minimum absolute atomic E-state index is 0.277. The van der Waals surface area contributed by atoms with E-state index in [1.807, 2.05) is 0 Å². The van der Waals surface area contributed by atoms with Gasteiger partial charge in [-0.1, -0.05) is 12.1 Å². The van der Waals surface area contributed by atoms with Crippen LogP contribution in [-0.2, 0) is 6.42 Å². The van der Waals surface area contributed by atoms with Crippen molar-refractivity contribution < 1.29 is 18.7 Å². The summed E-state index contributed by atoms with van der Waals surface area (Å²) < 4.78 is 23.4. The van der Waals surface area contributed by atoms with Crippen LogP contribution in [-0.4, -0.2) is 36.6 Å². The number of anilines is 2. The molecule has 7 nitrogen and oxygen atoms in total. The van der Waals surface area contributed by atoms with Crippen molar-refractivity contribution >= 4 is 17.5 Å². The molecule has 0 spiro atoms. The van der Waals surface area contributed by atoms with Crippen LogP contribution in [0.4, 0.5) is 16.0 Å². The van der Waals surface area contributed by atoms with Crippen molar-refractivity contribution in [1.29, 1.82) is 0 Å². The lowest BCUT2D eigenvalue weighted by Gasteiger charge is -2.11. The number of nitrogens with one attached hydrogen (secondary N) is 2. The second-order valence-corrected chi connectivity index (χ2v) is 6.12. The summed E-state index contributed by atoms with van der Waals surface area (Å²) in [5, 5.41) is 5.84. The molecule has 0 unspecified atom stereocenters. The minimum atomic E-state index is -0.282. The van der Waals surface area contributed by atoms with Gasteiger partial charge in [-0.2, -0.15) is 0 Å². The van der Waals surface area contributed by atoms with E-state index in [-0.39, 0.29) is 11.7 Å². The lowest BCUT2D eigenvalue weighted by molar-refractivity contribution is 0.0953. The highest BCUT2D eigenvalue weighted by Gasteiger charge is 2.09. The molecule has 0 aliphatic rings. The van der Waals surface area contributed by atoms with Gasteiger partial charge < -0.3 is 20.1 Å². The van der Waals surface area contributed by atoms with Gasteiger partial charge in [-0.15, -0.1) is 0 Å². The molecule has 3 rings (SSSR count). The number of ether oxygens (including phenoxy) is 2. The maximum Gasteiger partial charge on any atom is 0.254 e. The highest BCUT2D eigenvalue weighted by atomic mass is 19.1. The number of nitrogens with zero attached hydrogens (tertiary/aromatic N) is 2. The molecular formula is C21H21FN4O3. The summed E-state index contributed by atoms with van der Waals surface area (Å²) >= 11 is 0. The van der Waals surface area contributed by atoms with Gasteiger partial charge in [0.1, 0.15) is 17.3 Å². The second kappa shape index (κ2) is 9.50. The number of methoxy groups -OCH3 is 2. The number of amides is 1. The van der Waals surface area contributed by atoms with Crippen molar-refractivity contribution in [2.75, 3.05) is 26.1 Å². The molecule has 0 aliphatic heterocycles. The quantitative estimate of drug-likeness (QED) is 0.607. The maximum atomic E-state index is 12.9. The zero-order valence-corrected chi connectivity index (χ0v) is 16.1. The molecule has 0 saturated heterocycles. The van der Waals surface area contributed by atoms with Gasteiger partial charge in [-0.25, -0.2) is 14.4 Å². The van der Waals surface area contributed by atoms with E-state index in [0.29, 0.717) is 41.7 Å². The smallest absolute Gasteiger partial charge is 0.254 e. The van der Waals surface area contributed by atoms with Crippen LogP contribution in [0.1, 0.15) is 15.9 Å². The molecule has 29 heavy (non-hydrogen) atoms. The zero-order chi connectivity index (χ0) is 20.6. The molecule has 2 N–H and O–H groups in total. The van der Waals surface area contributed by atoms with Crippen molar-refractivity contribution in [3.8, 4) is 11.5 Å². The second-order valence-electron chi connectivity index (χ2n) is 6.12. The van der Waals surface area contributed by atoms with Gasteiger partial charge in [-0.05, 0) is 36.2 Å². The van der Waals surface area contributed by atoms with Gasteiger partial charge >= 0.3 is 0 Å².